The lowest BCUT2D eigenvalue weighted by Gasteiger charge is -2.34. The van der Waals surface area contributed by atoms with Gasteiger partial charge in [-0.3, -0.25) is 4.90 Å². The topological polar surface area (TPSA) is 42.1 Å². The monoisotopic (exact) mass is 407 g/mol. The van der Waals surface area contributed by atoms with Gasteiger partial charge >= 0.3 is 6.03 Å². The number of carbonyl (C=O) groups is 1. The number of benzene rings is 2. The van der Waals surface area contributed by atoms with Gasteiger partial charge in [0.15, 0.2) is 0 Å². The minimum atomic E-state index is -0.00374. The number of nitrogens with one attached hydrogen (secondary N) is 1. The Morgan fingerprint density at radius 2 is 1.67 bits per heavy atom. The fourth-order valence-electron chi connectivity index (χ4n) is 4.31. The normalized spacial score (nSPS) is 20.0. The number of anilines is 2. The predicted molar refractivity (Wildman–Crippen MR) is 123 cm³/mol. The summed E-state index contributed by atoms with van der Waals surface area (Å²) >= 11 is 0. The van der Waals surface area contributed by atoms with Crippen molar-refractivity contribution in [2.45, 2.75) is 19.0 Å². The lowest BCUT2D eigenvalue weighted by molar-refractivity contribution is 0.143. The molecule has 0 radical (unpaired) electrons. The van der Waals surface area contributed by atoms with Crippen LogP contribution in [0.15, 0.2) is 54.6 Å². The van der Waals surface area contributed by atoms with Gasteiger partial charge in [-0.2, -0.15) is 0 Å². The van der Waals surface area contributed by atoms with Gasteiger partial charge in [0.25, 0.3) is 0 Å². The predicted octanol–water partition coefficient (Wildman–Crippen LogP) is 3.18. The van der Waals surface area contributed by atoms with Crippen LogP contribution >= 0.6 is 0 Å². The molecule has 0 aromatic heterocycles. The third kappa shape index (κ3) is 5.12. The molecule has 0 aliphatic carbocycles. The van der Waals surface area contributed by atoms with Gasteiger partial charge in [-0.15, -0.1) is 0 Å². The Morgan fingerprint density at radius 1 is 0.967 bits per heavy atom. The Morgan fingerprint density at radius 3 is 2.30 bits per heavy atom. The standard InChI is InChI=1S/C24H33N5O/c1-26(2)23-12-13-29(19-23)22-10-8-21(9-11-22)25-24(30)28-16-14-27(15-17-28)18-20-6-4-3-5-7-20/h3-11,23H,12-19H2,1-2H3,(H,25,30). The van der Waals surface area contributed by atoms with E-state index in [4.69, 9.17) is 0 Å². The Hall–Kier alpha value is -2.57. The summed E-state index contributed by atoms with van der Waals surface area (Å²) in [6, 6.07) is 19.4. The molecule has 2 aromatic carbocycles. The molecular formula is C24H33N5O. The molecule has 1 N–H and O–H groups in total. The molecule has 6 nitrogen and oxygen atoms in total. The lowest BCUT2D eigenvalue weighted by atomic mass is 10.2. The first-order valence-corrected chi connectivity index (χ1v) is 10.9. The highest BCUT2D eigenvalue weighted by molar-refractivity contribution is 5.89. The van der Waals surface area contributed by atoms with Crippen LogP contribution < -0.4 is 10.2 Å². The molecule has 1 atom stereocenters. The second-order valence-electron chi connectivity index (χ2n) is 8.58. The Kier molecular flexibility index (Phi) is 6.55. The molecule has 6 heteroatoms. The number of amides is 2. The second-order valence-corrected chi connectivity index (χ2v) is 8.58. The SMILES string of the molecule is CN(C)C1CCN(c2ccc(NC(=O)N3CCN(Cc4ccccc4)CC3)cc2)C1. The maximum Gasteiger partial charge on any atom is 0.321 e. The Balaban J connectivity index is 1.24. The van der Waals surface area contributed by atoms with Crippen LogP contribution in [0.25, 0.3) is 0 Å². The van der Waals surface area contributed by atoms with E-state index in [1.807, 2.05) is 23.1 Å². The number of likely N-dealkylation sites (N-methyl/N-ethyl adjacent to an activating group) is 1. The summed E-state index contributed by atoms with van der Waals surface area (Å²) in [4.78, 5) is 21.7. The number of rotatable bonds is 5. The van der Waals surface area contributed by atoms with Gasteiger partial charge in [0.05, 0.1) is 0 Å². The van der Waals surface area contributed by atoms with E-state index in [0.717, 1.165) is 51.5 Å². The highest BCUT2D eigenvalue weighted by Crippen LogP contribution is 2.24. The fourth-order valence-corrected chi connectivity index (χ4v) is 4.31. The van der Waals surface area contributed by atoms with E-state index in [0.29, 0.717) is 6.04 Å². The van der Waals surface area contributed by atoms with Crippen LogP contribution in [0.2, 0.25) is 0 Å². The minimum Gasteiger partial charge on any atom is -0.370 e. The first-order chi connectivity index (χ1) is 14.6. The first kappa shape index (κ1) is 20.7. The molecule has 2 fully saturated rings. The van der Waals surface area contributed by atoms with E-state index in [1.54, 1.807) is 0 Å². The third-order valence-electron chi connectivity index (χ3n) is 6.29. The first-order valence-electron chi connectivity index (χ1n) is 10.9. The van der Waals surface area contributed by atoms with Gasteiger partial charge in [-0.25, -0.2) is 4.79 Å². The molecule has 4 rings (SSSR count). The maximum absolute atomic E-state index is 12.7. The number of hydrogen-bond acceptors (Lipinski definition) is 4. The highest BCUT2D eigenvalue weighted by atomic mass is 16.2. The molecule has 0 bridgehead atoms. The maximum atomic E-state index is 12.7. The van der Waals surface area contributed by atoms with Gasteiger partial charge in [0.1, 0.15) is 0 Å². The Labute approximate surface area is 180 Å². The fraction of sp³-hybridized carbons (Fsp3) is 0.458. The summed E-state index contributed by atoms with van der Waals surface area (Å²) < 4.78 is 0. The van der Waals surface area contributed by atoms with Crippen LogP contribution in [0.4, 0.5) is 16.2 Å². The molecule has 2 amide bonds. The van der Waals surface area contributed by atoms with Crippen molar-refractivity contribution in [1.29, 1.82) is 0 Å². The molecule has 160 valence electrons. The van der Waals surface area contributed by atoms with Crippen LogP contribution in [-0.4, -0.2) is 80.1 Å². The van der Waals surface area contributed by atoms with E-state index in [-0.39, 0.29) is 6.03 Å². The summed E-state index contributed by atoms with van der Waals surface area (Å²) in [6.45, 7) is 6.43. The van der Waals surface area contributed by atoms with E-state index < -0.39 is 0 Å². The van der Waals surface area contributed by atoms with E-state index in [9.17, 15) is 4.79 Å². The summed E-state index contributed by atoms with van der Waals surface area (Å²) in [6.07, 6.45) is 1.20. The average Bonchev–Trinajstić information content (AvgIpc) is 3.26. The van der Waals surface area contributed by atoms with Crippen molar-refractivity contribution in [1.82, 2.24) is 14.7 Å². The van der Waals surface area contributed by atoms with Gasteiger partial charge < -0.3 is 20.0 Å². The highest BCUT2D eigenvalue weighted by Gasteiger charge is 2.24. The molecular weight excluding hydrogens is 374 g/mol. The molecule has 0 saturated carbocycles. The number of nitrogens with zero attached hydrogens (tertiary/aromatic N) is 4. The molecule has 2 aliphatic heterocycles. The van der Waals surface area contributed by atoms with Crippen molar-refractivity contribution in [2.75, 3.05) is 63.6 Å². The third-order valence-corrected chi connectivity index (χ3v) is 6.29. The quantitative estimate of drug-likeness (QED) is 0.827. The molecule has 30 heavy (non-hydrogen) atoms. The molecule has 0 spiro atoms. The van der Waals surface area contributed by atoms with Crippen molar-refractivity contribution >= 4 is 17.4 Å². The molecule has 2 saturated heterocycles. The van der Waals surface area contributed by atoms with Crippen molar-refractivity contribution in [2.24, 2.45) is 0 Å². The van der Waals surface area contributed by atoms with Gasteiger partial charge in [-0.05, 0) is 50.3 Å². The number of urea groups is 1. The van der Waals surface area contributed by atoms with Crippen LogP contribution in [0.5, 0.6) is 0 Å². The van der Waals surface area contributed by atoms with Crippen molar-refractivity contribution < 1.29 is 4.79 Å². The Bertz CT molecular complexity index is 815. The number of hydrogen-bond donors (Lipinski definition) is 1. The largest absolute Gasteiger partial charge is 0.370 e. The summed E-state index contributed by atoms with van der Waals surface area (Å²) in [5.74, 6) is 0. The summed E-state index contributed by atoms with van der Waals surface area (Å²) in [5, 5.41) is 3.06. The molecule has 2 aromatic rings. The zero-order chi connectivity index (χ0) is 20.9. The van der Waals surface area contributed by atoms with Crippen LogP contribution in [-0.2, 0) is 6.54 Å². The number of piperazine rings is 1. The van der Waals surface area contributed by atoms with Gasteiger partial charge in [-0.1, -0.05) is 30.3 Å². The summed E-state index contributed by atoms with van der Waals surface area (Å²) in [5.41, 5.74) is 3.41. The van der Waals surface area contributed by atoms with Gasteiger partial charge in [0.2, 0.25) is 0 Å². The smallest absolute Gasteiger partial charge is 0.321 e. The second kappa shape index (κ2) is 9.49. The van der Waals surface area contributed by atoms with Crippen LogP contribution in [0, 0.1) is 0 Å². The van der Waals surface area contributed by atoms with Crippen molar-refractivity contribution in [3.63, 3.8) is 0 Å². The van der Waals surface area contributed by atoms with Crippen molar-refractivity contribution in [3.8, 4) is 0 Å². The molecule has 2 heterocycles. The van der Waals surface area contributed by atoms with Gasteiger partial charge in [0, 0.05) is 63.2 Å². The van der Waals surface area contributed by atoms with E-state index in [2.05, 4.69) is 70.5 Å². The lowest BCUT2D eigenvalue weighted by Crippen LogP contribution is -2.49. The minimum absolute atomic E-state index is 0.00374. The zero-order valence-corrected chi connectivity index (χ0v) is 18.1. The molecule has 1 unspecified atom stereocenters. The molecule has 2 aliphatic rings. The average molecular weight is 408 g/mol. The number of carbonyl (C=O) groups excluding carboxylic acids is 1. The summed E-state index contributed by atoms with van der Waals surface area (Å²) in [7, 11) is 4.29. The van der Waals surface area contributed by atoms with E-state index >= 15 is 0 Å². The zero-order valence-electron chi connectivity index (χ0n) is 18.1. The van der Waals surface area contributed by atoms with Crippen LogP contribution in [0.1, 0.15) is 12.0 Å². The van der Waals surface area contributed by atoms with Crippen LogP contribution in [0.3, 0.4) is 0 Å². The van der Waals surface area contributed by atoms with Crippen molar-refractivity contribution in [3.05, 3.63) is 60.2 Å². The van der Waals surface area contributed by atoms with E-state index in [1.165, 1.54) is 17.7 Å².